The van der Waals surface area contributed by atoms with Gasteiger partial charge >= 0.3 is 0 Å². The summed E-state index contributed by atoms with van der Waals surface area (Å²) in [5.74, 6) is 0. The van der Waals surface area contributed by atoms with Gasteiger partial charge in [0.15, 0.2) is 0 Å². The molecule has 1 aromatic rings. The van der Waals surface area contributed by atoms with Gasteiger partial charge in [-0.1, -0.05) is 28.9 Å². The summed E-state index contributed by atoms with van der Waals surface area (Å²) in [5.41, 5.74) is 2.99. The van der Waals surface area contributed by atoms with Crippen molar-refractivity contribution in [3.63, 3.8) is 0 Å². The molecule has 0 fully saturated rings. The van der Waals surface area contributed by atoms with Crippen molar-refractivity contribution in [1.29, 1.82) is 0 Å². The van der Waals surface area contributed by atoms with E-state index in [1.165, 1.54) is 28.6 Å². The van der Waals surface area contributed by atoms with Gasteiger partial charge in [0.25, 0.3) is 0 Å². The predicted octanol–water partition coefficient (Wildman–Crippen LogP) is 3.17. The number of rotatable bonds is 2. The number of hydrogen-bond acceptors (Lipinski definition) is 1. The highest BCUT2D eigenvalue weighted by atomic mass is 79.9. The van der Waals surface area contributed by atoms with E-state index in [1.807, 2.05) is 0 Å². The van der Waals surface area contributed by atoms with Crippen molar-refractivity contribution in [2.24, 2.45) is 0 Å². The molecule has 0 atom stereocenters. The third-order valence-corrected chi connectivity index (χ3v) is 2.99. The highest BCUT2D eigenvalue weighted by Crippen LogP contribution is 2.25. The Morgan fingerprint density at radius 2 is 2.08 bits per heavy atom. The first-order valence-corrected chi connectivity index (χ1v) is 5.58. The zero-order chi connectivity index (χ0) is 9.26. The van der Waals surface area contributed by atoms with E-state index in [1.54, 1.807) is 0 Å². The van der Waals surface area contributed by atoms with Crippen LogP contribution in [-0.4, -0.2) is 11.4 Å². The molecular formula is C11H14BrN. The van der Waals surface area contributed by atoms with E-state index in [2.05, 4.69) is 46.0 Å². The van der Waals surface area contributed by atoms with Gasteiger partial charge in [-0.2, -0.15) is 0 Å². The van der Waals surface area contributed by atoms with E-state index in [-0.39, 0.29) is 0 Å². The molecule has 0 spiro atoms. The molecule has 1 heterocycles. The van der Waals surface area contributed by atoms with Crippen molar-refractivity contribution in [3.05, 3.63) is 33.8 Å². The largest absolute Gasteiger partial charge is 0.295 e. The molecule has 0 unspecified atom stereocenters. The lowest BCUT2D eigenvalue weighted by Crippen LogP contribution is -2.16. The maximum atomic E-state index is 3.51. The smallest absolute Gasteiger partial charge is 0.0240 e. The van der Waals surface area contributed by atoms with Gasteiger partial charge in [-0.3, -0.25) is 4.90 Å². The Bertz CT molecular complexity index is 309. The second kappa shape index (κ2) is 3.81. The summed E-state index contributed by atoms with van der Waals surface area (Å²) in [6.07, 6.45) is 1.25. The van der Waals surface area contributed by atoms with Gasteiger partial charge in [0.1, 0.15) is 0 Å². The summed E-state index contributed by atoms with van der Waals surface area (Å²) in [7, 11) is 0. The Morgan fingerprint density at radius 1 is 1.31 bits per heavy atom. The van der Waals surface area contributed by atoms with Crippen LogP contribution in [0.4, 0.5) is 0 Å². The molecule has 0 aliphatic carbocycles. The molecule has 0 bridgehead atoms. The molecule has 2 rings (SSSR count). The lowest BCUT2D eigenvalue weighted by atomic mass is 10.1. The average molecular weight is 240 g/mol. The Morgan fingerprint density at radius 3 is 2.85 bits per heavy atom. The highest BCUT2D eigenvalue weighted by molar-refractivity contribution is 9.10. The Hall–Kier alpha value is -0.340. The minimum atomic E-state index is 1.13. The summed E-state index contributed by atoms with van der Waals surface area (Å²) in [4.78, 5) is 2.50. The van der Waals surface area contributed by atoms with Gasteiger partial charge in [0.05, 0.1) is 0 Å². The number of hydrogen-bond donors (Lipinski definition) is 0. The van der Waals surface area contributed by atoms with Crippen LogP contribution in [0.25, 0.3) is 0 Å². The molecule has 13 heavy (non-hydrogen) atoms. The summed E-state index contributed by atoms with van der Waals surface area (Å²) >= 11 is 3.51. The van der Waals surface area contributed by atoms with Gasteiger partial charge < -0.3 is 0 Å². The summed E-state index contributed by atoms with van der Waals surface area (Å²) in [5, 5.41) is 0. The summed E-state index contributed by atoms with van der Waals surface area (Å²) in [6, 6.07) is 6.61. The fraction of sp³-hybridized carbons (Fsp3) is 0.455. The van der Waals surface area contributed by atoms with Crippen LogP contribution < -0.4 is 0 Å². The molecule has 0 aromatic heterocycles. The number of halogens is 1. The minimum Gasteiger partial charge on any atom is -0.295 e. The second-order valence-electron chi connectivity index (χ2n) is 3.62. The van der Waals surface area contributed by atoms with Gasteiger partial charge in [0.2, 0.25) is 0 Å². The molecule has 70 valence electrons. The van der Waals surface area contributed by atoms with E-state index in [4.69, 9.17) is 0 Å². The maximum absolute atomic E-state index is 3.51. The topological polar surface area (TPSA) is 3.24 Å². The van der Waals surface area contributed by atoms with E-state index in [0.717, 1.165) is 13.1 Å². The summed E-state index contributed by atoms with van der Waals surface area (Å²) in [6.45, 7) is 5.71. The molecule has 1 aromatic carbocycles. The first-order chi connectivity index (χ1) is 6.29. The normalized spacial score (nSPS) is 16.2. The van der Waals surface area contributed by atoms with E-state index in [0.29, 0.717) is 0 Å². The van der Waals surface area contributed by atoms with Crippen LogP contribution in [0.1, 0.15) is 24.5 Å². The van der Waals surface area contributed by atoms with Gasteiger partial charge in [-0.05, 0) is 36.2 Å². The van der Waals surface area contributed by atoms with E-state index >= 15 is 0 Å². The zero-order valence-electron chi connectivity index (χ0n) is 7.89. The molecule has 0 radical (unpaired) electrons. The van der Waals surface area contributed by atoms with Crippen molar-refractivity contribution >= 4 is 15.9 Å². The van der Waals surface area contributed by atoms with Crippen molar-refractivity contribution < 1.29 is 0 Å². The first-order valence-electron chi connectivity index (χ1n) is 4.79. The van der Waals surface area contributed by atoms with Crippen LogP contribution in [-0.2, 0) is 13.1 Å². The molecule has 1 aliphatic heterocycles. The quantitative estimate of drug-likeness (QED) is 0.767. The molecule has 1 nitrogen and oxygen atoms in total. The van der Waals surface area contributed by atoms with Crippen molar-refractivity contribution in [3.8, 4) is 0 Å². The lowest BCUT2D eigenvalue weighted by molar-refractivity contribution is 0.285. The number of benzene rings is 1. The van der Waals surface area contributed by atoms with Gasteiger partial charge in [0, 0.05) is 17.6 Å². The third kappa shape index (κ3) is 1.94. The van der Waals surface area contributed by atoms with Crippen LogP contribution >= 0.6 is 15.9 Å². The van der Waals surface area contributed by atoms with Crippen LogP contribution in [0.15, 0.2) is 22.7 Å². The van der Waals surface area contributed by atoms with Crippen LogP contribution in [0.3, 0.4) is 0 Å². The van der Waals surface area contributed by atoms with Crippen LogP contribution in [0.5, 0.6) is 0 Å². The van der Waals surface area contributed by atoms with Crippen molar-refractivity contribution in [2.45, 2.75) is 26.4 Å². The van der Waals surface area contributed by atoms with E-state index in [9.17, 15) is 0 Å². The minimum absolute atomic E-state index is 1.13. The van der Waals surface area contributed by atoms with Crippen molar-refractivity contribution in [2.75, 3.05) is 6.54 Å². The molecule has 1 aliphatic rings. The molecule has 0 saturated heterocycles. The summed E-state index contributed by atoms with van der Waals surface area (Å²) < 4.78 is 1.20. The standard InChI is InChI=1S/C11H14BrN/c1-2-5-13-7-9-3-4-11(12)6-10(9)8-13/h3-4,6H,2,5,7-8H2,1H3. The van der Waals surface area contributed by atoms with Crippen LogP contribution in [0.2, 0.25) is 0 Å². The first kappa shape index (κ1) is 9.22. The molecule has 0 N–H and O–H groups in total. The number of fused-ring (bicyclic) bond motifs is 1. The third-order valence-electron chi connectivity index (χ3n) is 2.50. The molecule has 0 saturated carbocycles. The fourth-order valence-corrected chi connectivity index (χ4v) is 2.32. The predicted molar refractivity (Wildman–Crippen MR) is 58.5 cm³/mol. The average Bonchev–Trinajstić information content (AvgIpc) is 2.46. The van der Waals surface area contributed by atoms with Gasteiger partial charge in [-0.15, -0.1) is 0 Å². The number of nitrogens with zero attached hydrogens (tertiary/aromatic N) is 1. The highest BCUT2D eigenvalue weighted by Gasteiger charge is 2.17. The monoisotopic (exact) mass is 239 g/mol. The Labute approximate surface area is 87.9 Å². The fourth-order valence-electron chi connectivity index (χ4n) is 1.91. The second-order valence-corrected chi connectivity index (χ2v) is 4.54. The van der Waals surface area contributed by atoms with Crippen LogP contribution in [0, 0.1) is 0 Å². The maximum Gasteiger partial charge on any atom is 0.0240 e. The zero-order valence-corrected chi connectivity index (χ0v) is 9.47. The molecule has 2 heteroatoms. The van der Waals surface area contributed by atoms with Crippen molar-refractivity contribution in [1.82, 2.24) is 4.90 Å². The Balaban J connectivity index is 2.16. The Kier molecular flexibility index (Phi) is 2.70. The lowest BCUT2D eigenvalue weighted by Gasteiger charge is -2.11. The molecular weight excluding hydrogens is 226 g/mol. The van der Waals surface area contributed by atoms with Gasteiger partial charge in [-0.25, -0.2) is 0 Å². The van der Waals surface area contributed by atoms with E-state index < -0.39 is 0 Å². The SMILES string of the molecule is CCCN1Cc2ccc(Br)cc2C1. The molecule has 0 amide bonds.